The lowest BCUT2D eigenvalue weighted by atomic mass is 10.0. The molecule has 1 atom stereocenters. The summed E-state index contributed by atoms with van der Waals surface area (Å²) < 4.78 is 0. The molecule has 5 nitrogen and oxygen atoms in total. The Kier molecular flexibility index (Phi) is 7.07. The van der Waals surface area contributed by atoms with Gasteiger partial charge >= 0.3 is 0 Å². The van der Waals surface area contributed by atoms with Gasteiger partial charge in [-0.1, -0.05) is 13.0 Å². The molecule has 0 aliphatic carbocycles. The Morgan fingerprint density at radius 3 is 2.89 bits per heavy atom. The normalized spacial score (nSPS) is 20.7. The van der Waals surface area contributed by atoms with Crippen LogP contribution in [-0.4, -0.2) is 48.6 Å². The summed E-state index contributed by atoms with van der Waals surface area (Å²) in [6.07, 6.45) is 5.36. The van der Waals surface area contributed by atoms with E-state index in [0.29, 0.717) is 11.5 Å². The fourth-order valence-electron chi connectivity index (χ4n) is 4.05. The monoisotopic (exact) mass is 388 g/mol. The molecule has 0 radical (unpaired) electrons. The van der Waals surface area contributed by atoms with Gasteiger partial charge in [0.15, 0.2) is 5.11 Å². The first-order valence-electron chi connectivity index (χ1n) is 10.2. The van der Waals surface area contributed by atoms with E-state index in [1.54, 1.807) is 0 Å². The van der Waals surface area contributed by atoms with Gasteiger partial charge in [0.05, 0.1) is 0 Å². The van der Waals surface area contributed by atoms with E-state index in [1.807, 2.05) is 30.0 Å². The number of piperidine rings is 1. The lowest BCUT2D eigenvalue weighted by Gasteiger charge is -2.30. The van der Waals surface area contributed by atoms with Crippen LogP contribution < -0.4 is 15.5 Å². The average molecular weight is 389 g/mol. The van der Waals surface area contributed by atoms with Crippen molar-refractivity contribution in [2.24, 2.45) is 5.92 Å². The van der Waals surface area contributed by atoms with Crippen LogP contribution in [0, 0.1) is 12.8 Å². The number of nitrogens with one attached hydrogen (secondary N) is 2. The zero-order valence-corrected chi connectivity index (χ0v) is 17.4. The third-order valence-electron chi connectivity index (χ3n) is 5.51. The maximum absolute atomic E-state index is 12.0. The Labute approximate surface area is 168 Å². The number of amides is 1. The van der Waals surface area contributed by atoms with E-state index in [4.69, 9.17) is 12.2 Å². The van der Waals surface area contributed by atoms with Crippen LogP contribution >= 0.6 is 12.2 Å². The van der Waals surface area contributed by atoms with E-state index in [2.05, 4.69) is 22.5 Å². The predicted molar refractivity (Wildman–Crippen MR) is 116 cm³/mol. The first kappa shape index (κ1) is 20.1. The molecule has 0 bridgehead atoms. The number of likely N-dealkylation sites (tertiary alicyclic amines) is 1. The van der Waals surface area contributed by atoms with Gasteiger partial charge in [0.25, 0.3) is 0 Å². The van der Waals surface area contributed by atoms with Crippen molar-refractivity contribution in [1.29, 1.82) is 0 Å². The zero-order chi connectivity index (χ0) is 19.2. The zero-order valence-electron chi connectivity index (χ0n) is 16.6. The third kappa shape index (κ3) is 5.66. The number of carbonyl (C=O) groups excluding carboxylic acids is 1. The molecule has 2 N–H and O–H groups in total. The first-order chi connectivity index (χ1) is 13.0. The Balaban J connectivity index is 1.44. The van der Waals surface area contributed by atoms with Crippen LogP contribution in [-0.2, 0) is 4.79 Å². The molecule has 0 aromatic heterocycles. The van der Waals surface area contributed by atoms with Crippen molar-refractivity contribution in [2.45, 2.75) is 46.0 Å². The van der Waals surface area contributed by atoms with Crippen molar-refractivity contribution >= 4 is 34.6 Å². The van der Waals surface area contributed by atoms with Gasteiger partial charge in [0.2, 0.25) is 5.91 Å². The topological polar surface area (TPSA) is 47.6 Å². The number of rotatable bonds is 6. The van der Waals surface area contributed by atoms with Crippen LogP contribution in [0.25, 0.3) is 0 Å². The lowest BCUT2D eigenvalue weighted by Crippen LogP contribution is -2.37. The number of benzene rings is 1. The summed E-state index contributed by atoms with van der Waals surface area (Å²) in [7, 11) is 0. The summed E-state index contributed by atoms with van der Waals surface area (Å²) in [6, 6.07) is 6.09. The predicted octanol–water partition coefficient (Wildman–Crippen LogP) is 3.53. The molecular weight excluding hydrogens is 356 g/mol. The highest BCUT2D eigenvalue weighted by Crippen LogP contribution is 2.28. The van der Waals surface area contributed by atoms with Crippen LogP contribution in [0.5, 0.6) is 0 Å². The Morgan fingerprint density at radius 2 is 2.15 bits per heavy atom. The van der Waals surface area contributed by atoms with Crippen LogP contribution in [0.15, 0.2) is 18.2 Å². The van der Waals surface area contributed by atoms with Gasteiger partial charge in [-0.3, -0.25) is 4.79 Å². The van der Waals surface area contributed by atoms with E-state index < -0.39 is 0 Å². The maximum Gasteiger partial charge on any atom is 0.227 e. The molecule has 3 rings (SSSR count). The van der Waals surface area contributed by atoms with E-state index in [0.717, 1.165) is 55.3 Å². The van der Waals surface area contributed by atoms with Gasteiger partial charge in [-0.15, -0.1) is 0 Å². The molecule has 0 spiro atoms. The molecule has 0 saturated carbocycles. The van der Waals surface area contributed by atoms with Crippen molar-refractivity contribution in [2.75, 3.05) is 42.9 Å². The molecule has 2 fully saturated rings. The number of thiocarbonyl (C=S) groups is 1. The maximum atomic E-state index is 12.0. The quantitative estimate of drug-likeness (QED) is 0.577. The standard InChI is InChI=1S/C21H32N4OS/c1-16-6-3-11-24(15-16)12-5-10-22-21(27)23-18-9-8-17(2)19(14-18)25-13-4-7-20(25)26/h8-9,14,16H,3-7,10-13,15H2,1-2H3,(H2,22,23,27). The van der Waals surface area contributed by atoms with Crippen molar-refractivity contribution in [3.05, 3.63) is 23.8 Å². The van der Waals surface area contributed by atoms with E-state index in [1.165, 1.54) is 25.9 Å². The van der Waals surface area contributed by atoms with Gasteiger partial charge in [-0.05, 0) is 81.5 Å². The Morgan fingerprint density at radius 1 is 1.30 bits per heavy atom. The molecule has 2 aliphatic heterocycles. The van der Waals surface area contributed by atoms with Crippen molar-refractivity contribution in [3.8, 4) is 0 Å². The van der Waals surface area contributed by atoms with Gasteiger partial charge < -0.3 is 20.4 Å². The van der Waals surface area contributed by atoms with Crippen LogP contribution in [0.2, 0.25) is 0 Å². The second kappa shape index (κ2) is 9.51. The minimum Gasteiger partial charge on any atom is -0.362 e. The van der Waals surface area contributed by atoms with Crippen molar-refractivity contribution < 1.29 is 4.79 Å². The summed E-state index contributed by atoms with van der Waals surface area (Å²) in [4.78, 5) is 16.5. The van der Waals surface area contributed by atoms with Crippen LogP contribution in [0.3, 0.4) is 0 Å². The minimum atomic E-state index is 0.211. The van der Waals surface area contributed by atoms with Crippen LogP contribution in [0.1, 0.15) is 44.6 Å². The number of carbonyl (C=O) groups is 1. The van der Waals surface area contributed by atoms with Crippen molar-refractivity contribution in [1.82, 2.24) is 10.2 Å². The molecule has 27 heavy (non-hydrogen) atoms. The summed E-state index contributed by atoms with van der Waals surface area (Å²) in [5, 5.41) is 7.21. The fourth-order valence-corrected chi connectivity index (χ4v) is 4.27. The number of aryl methyl sites for hydroxylation is 1. The summed E-state index contributed by atoms with van der Waals surface area (Å²) in [6.45, 7) is 9.66. The highest BCUT2D eigenvalue weighted by molar-refractivity contribution is 7.80. The van der Waals surface area contributed by atoms with Crippen LogP contribution in [0.4, 0.5) is 11.4 Å². The van der Waals surface area contributed by atoms with Crippen molar-refractivity contribution in [3.63, 3.8) is 0 Å². The molecule has 1 aromatic carbocycles. The second-order valence-corrected chi connectivity index (χ2v) is 8.34. The number of hydrogen-bond donors (Lipinski definition) is 2. The van der Waals surface area contributed by atoms with E-state index in [9.17, 15) is 4.79 Å². The van der Waals surface area contributed by atoms with Gasteiger partial charge in [-0.25, -0.2) is 0 Å². The lowest BCUT2D eigenvalue weighted by molar-refractivity contribution is -0.117. The summed E-state index contributed by atoms with van der Waals surface area (Å²) >= 11 is 5.44. The van der Waals surface area contributed by atoms with E-state index in [-0.39, 0.29) is 5.91 Å². The summed E-state index contributed by atoms with van der Waals surface area (Å²) in [5.74, 6) is 1.04. The Hall–Kier alpha value is -1.66. The molecule has 1 unspecified atom stereocenters. The molecule has 6 heteroatoms. The molecule has 2 aliphatic rings. The third-order valence-corrected chi connectivity index (χ3v) is 5.76. The number of hydrogen-bond acceptors (Lipinski definition) is 3. The molecule has 2 heterocycles. The molecular formula is C21H32N4OS. The van der Waals surface area contributed by atoms with Gasteiger partial charge in [0.1, 0.15) is 0 Å². The minimum absolute atomic E-state index is 0.211. The highest BCUT2D eigenvalue weighted by atomic mass is 32.1. The molecule has 2 saturated heterocycles. The number of nitrogens with zero attached hydrogens (tertiary/aromatic N) is 2. The van der Waals surface area contributed by atoms with E-state index >= 15 is 0 Å². The second-order valence-electron chi connectivity index (χ2n) is 7.93. The smallest absolute Gasteiger partial charge is 0.227 e. The largest absolute Gasteiger partial charge is 0.362 e. The van der Waals surface area contributed by atoms with Gasteiger partial charge in [-0.2, -0.15) is 0 Å². The first-order valence-corrected chi connectivity index (χ1v) is 10.6. The van der Waals surface area contributed by atoms with Gasteiger partial charge in [0, 0.05) is 37.4 Å². The average Bonchev–Trinajstić information content (AvgIpc) is 3.06. The molecule has 1 aromatic rings. The Bertz CT molecular complexity index is 678. The fraction of sp³-hybridized carbons (Fsp3) is 0.619. The number of anilines is 2. The summed E-state index contributed by atoms with van der Waals surface area (Å²) in [5.41, 5.74) is 3.03. The SMILES string of the molecule is Cc1ccc(NC(=S)NCCCN2CCCC(C)C2)cc1N1CCCC1=O. The molecule has 1 amide bonds. The molecule has 148 valence electrons. The highest BCUT2D eigenvalue weighted by Gasteiger charge is 2.23.